The van der Waals surface area contributed by atoms with Crippen molar-refractivity contribution in [2.45, 2.75) is 38.8 Å². The van der Waals surface area contributed by atoms with Crippen LogP contribution in [0.3, 0.4) is 0 Å². The minimum absolute atomic E-state index is 0.0210. The maximum Gasteiger partial charge on any atom is 0.209 e. The highest BCUT2D eigenvalue weighted by molar-refractivity contribution is 7.88. The molecule has 1 N–H and O–H groups in total. The molecule has 1 aliphatic carbocycles. The van der Waals surface area contributed by atoms with E-state index >= 15 is 0 Å². The average Bonchev–Trinajstić information content (AvgIpc) is 3.34. The number of aromatic nitrogens is 2. The van der Waals surface area contributed by atoms with Gasteiger partial charge in [-0.1, -0.05) is 29.5 Å². The van der Waals surface area contributed by atoms with E-state index in [2.05, 4.69) is 21.0 Å². The zero-order chi connectivity index (χ0) is 22.2. The van der Waals surface area contributed by atoms with E-state index < -0.39 is 10.0 Å². The monoisotopic (exact) mass is 454 g/mol. The number of nitrogens with one attached hydrogen (secondary N) is 1. The zero-order valence-corrected chi connectivity index (χ0v) is 19.0. The molecule has 0 spiro atoms. The Kier molecular flexibility index (Phi) is 5.79. The molecule has 0 saturated carbocycles. The Labute approximate surface area is 185 Å². The van der Waals surface area contributed by atoms with Gasteiger partial charge in [-0.15, -0.1) is 10.2 Å². The van der Waals surface area contributed by atoms with E-state index in [4.69, 9.17) is 4.74 Å². The lowest BCUT2D eigenvalue weighted by Crippen LogP contribution is -2.25. The summed E-state index contributed by atoms with van der Waals surface area (Å²) in [6, 6.07) is 13.3. The molecule has 0 bridgehead atoms. The van der Waals surface area contributed by atoms with Crippen LogP contribution in [0, 0.1) is 11.3 Å². The number of nitrogens with zero attached hydrogens (tertiary/aromatic N) is 3. The number of rotatable bonds is 6. The van der Waals surface area contributed by atoms with E-state index in [1.165, 1.54) is 17.6 Å². The van der Waals surface area contributed by atoms with Crippen molar-refractivity contribution in [1.29, 1.82) is 5.26 Å². The average molecular weight is 455 g/mol. The van der Waals surface area contributed by atoms with Crippen molar-refractivity contribution >= 4 is 21.4 Å². The molecule has 0 amide bonds. The fourth-order valence-corrected chi connectivity index (χ4v) is 5.45. The molecule has 9 heteroatoms. The second-order valence-electron chi connectivity index (χ2n) is 7.76. The number of benzene rings is 2. The van der Waals surface area contributed by atoms with E-state index in [1.54, 1.807) is 12.1 Å². The molecule has 0 fully saturated rings. The highest BCUT2D eigenvalue weighted by atomic mass is 32.2. The smallest absolute Gasteiger partial charge is 0.209 e. The van der Waals surface area contributed by atoms with Crippen molar-refractivity contribution in [2.24, 2.45) is 0 Å². The lowest BCUT2D eigenvalue weighted by atomic mass is 10.0. The molecule has 1 aliphatic rings. The summed E-state index contributed by atoms with van der Waals surface area (Å²) in [5, 5.41) is 19.7. The van der Waals surface area contributed by atoms with Gasteiger partial charge in [0.15, 0.2) is 0 Å². The molecule has 31 heavy (non-hydrogen) atoms. The van der Waals surface area contributed by atoms with Gasteiger partial charge < -0.3 is 4.74 Å². The van der Waals surface area contributed by atoms with Crippen LogP contribution >= 0.6 is 11.3 Å². The molecule has 1 atom stereocenters. The largest absolute Gasteiger partial charge is 0.490 e. The van der Waals surface area contributed by atoms with Gasteiger partial charge in [0.1, 0.15) is 21.8 Å². The highest BCUT2D eigenvalue weighted by Gasteiger charge is 2.28. The molecule has 2 aromatic carbocycles. The minimum atomic E-state index is -3.29. The SMILES string of the molecule is CC(C)Oc1ccc(-c2nnc(-c3cccc4c3CC[C@H]4NS(C)(=O)=O)s2)cc1C#N. The second kappa shape index (κ2) is 8.38. The van der Waals surface area contributed by atoms with Crippen molar-refractivity contribution in [2.75, 3.05) is 6.26 Å². The Bertz CT molecular complexity index is 1280. The number of nitriles is 1. The lowest BCUT2D eigenvalue weighted by Gasteiger charge is -2.12. The third-order valence-corrected chi connectivity index (χ3v) is 6.71. The van der Waals surface area contributed by atoms with Gasteiger partial charge in [-0.2, -0.15) is 5.26 Å². The molecular formula is C22H22N4O3S2. The van der Waals surface area contributed by atoms with Crippen molar-refractivity contribution in [3.05, 3.63) is 53.1 Å². The topological polar surface area (TPSA) is 105 Å². The predicted octanol–water partition coefficient (Wildman–Crippen LogP) is 4.07. The fraction of sp³-hybridized carbons (Fsp3) is 0.318. The molecule has 0 radical (unpaired) electrons. The van der Waals surface area contributed by atoms with Crippen LogP contribution < -0.4 is 9.46 Å². The third kappa shape index (κ3) is 4.61. The summed E-state index contributed by atoms with van der Waals surface area (Å²) in [4.78, 5) is 0. The molecule has 7 nitrogen and oxygen atoms in total. The van der Waals surface area contributed by atoms with Crippen LogP contribution in [-0.2, 0) is 16.4 Å². The molecule has 3 aromatic rings. The fourth-order valence-electron chi connectivity index (χ4n) is 3.79. The summed E-state index contributed by atoms with van der Waals surface area (Å²) in [5.74, 6) is 0.552. The molecule has 160 valence electrons. The van der Waals surface area contributed by atoms with Crippen LogP contribution in [0.1, 0.15) is 43.0 Å². The van der Waals surface area contributed by atoms with Crippen molar-refractivity contribution in [3.63, 3.8) is 0 Å². The standard InChI is InChI=1S/C22H22N4O3S2/c1-13(2)29-20-10-7-14(11-15(20)12-23)21-24-25-22(30-21)18-6-4-5-17-16(18)8-9-19(17)26-31(3,27)28/h4-7,10-11,13,19,26H,8-9H2,1-3H3/t19-/m1/s1. The first kappa shape index (κ1) is 21.4. The summed E-state index contributed by atoms with van der Waals surface area (Å²) in [7, 11) is -3.29. The van der Waals surface area contributed by atoms with Gasteiger partial charge in [0.2, 0.25) is 10.0 Å². The zero-order valence-electron chi connectivity index (χ0n) is 17.4. The predicted molar refractivity (Wildman–Crippen MR) is 120 cm³/mol. The van der Waals surface area contributed by atoms with Crippen LogP contribution in [0.2, 0.25) is 0 Å². The van der Waals surface area contributed by atoms with E-state index in [0.29, 0.717) is 22.7 Å². The van der Waals surface area contributed by atoms with Gasteiger partial charge in [-0.25, -0.2) is 13.1 Å². The van der Waals surface area contributed by atoms with E-state index in [0.717, 1.165) is 33.7 Å². The third-order valence-electron chi connectivity index (χ3n) is 4.99. The highest BCUT2D eigenvalue weighted by Crippen LogP contribution is 2.40. The summed E-state index contributed by atoms with van der Waals surface area (Å²) in [6.07, 6.45) is 2.65. The van der Waals surface area contributed by atoms with Crippen molar-refractivity contribution in [3.8, 4) is 33.0 Å². The Morgan fingerprint density at radius 3 is 2.71 bits per heavy atom. The normalized spacial score (nSPS) is 15.6. The number of ether oxygens (including phenoxy) is 1. The van der Waals surface area contributed by atoms with Gasteiger partial charge >= 0.3 is 0 Å². The van der Waals surface area contributed by atoms with Crippen molar-refractivity contribution in [1.82, 2.24) is 14.9 Å². The first-order chi connectivity index (χ1) is 14.7. The first-order valence-corrected chi connectivity index (χ1v) is 12.6. The molecule has 0 unspecified atom stereocenters. The van der Waals surface area contributed by atoms with Gasteiger partial charge in [-0.3, -0.25) is 0 Å². The summed E-state index contributed by atoms with van der Waals surface area (Å²) >= 11 is 1.45. The summed E-state index contributed by atoms with van der Waals surface area (Å²) in [6.45, 7) is 3.83. The Balaban J connectivity index is 1.66. The molecular weight excluding hydrogens is 432 g/mol. The number of hydrogen-bond donors (Lipinski definition) is 1. The Hall–Kier alpha value is -2.80. The van der Waals surface area contributed by atoms with Gasteiger partial charge in [0.05, 0.1) is 17.9 Å². The summed E-state index contributed by atoms with van der Waals surface area (Å²) < 4.78 is 31.8. The lowest BCUT2D eigenvalue weighted by molar-refractivity contribution is 0.242. The van der Waals surface area contributed by atoms with E-state index in [-0.39, 0.29) is 12.1 Å². The van der Waals surface area contributed by atoms with Gasteiger partial charge in [-0.05, 0) is 56.0 Å². The molecule has 0 saturated heterocycles. The van der Waals surface area contributed by atoms with E-state index in [9.17, 15) is 13.7 Å². The molecule has 0 aliphatic heterocycles. The van der Waals surface area contributed by atoms with Crippen molar-refractivity contribution < 1.29 is 13.2 Å². The maximum atomic E-state index is 11.7. The maximum absolute atomic E-state index is 11.7. The number of fused-ring (bicyclic) bond motifs is 1. The summed E-state index contributed by atoms with van der Waals surface area (Å²) in [5.41, 5.74) is 4.32. The van der Waals surface area contributed by atoms with Crippen LogP contribution in [0.25, 0.3) is 21.1 Å². The van der Waals surface area contributed by atoms with Gasteiger partial charge in [0, 0.05) is 17.2 Å². The Morgan fingerprint density at radius 2 is 2.00 bits per heavy atom. The molecule has 1 heterocycles. The number of hydrogen-bond acceptors (Lipinski definition) is 7. The van der Waals surface area contributed by atoms with E-state index in [1.807, 2.05) is 38.1 Å². The van der Waals surface area contributed by atoms with Crippen LogP contribution in [0.15, 0.2) is 36.4 Å². The van der Waals surface area contributed by atoms with Crippen LogP contribution in [-0.4, -0.2) is 31.0 Å². The first-order valence-electron chi connectivity index (χ1n) is 9.89. The quantitative estimate of drug-likeness (QED) is 0.602. The second-order valence-corrected chi connectivity index (χ2v) is 10.5. The number of sulfonamides is 1. The van der Waals surface area contributed by atoms with Crippen LogP contribution in [0.4, 0.5) is 0 Å². The molecule has 4 rings (SSSR count). The molecule has 1 aromatic heterocycles. The minimum Gasteiger partial charge on any atom is -0.490 e. The Morgan fingerprint density at radius 1 is 1.23 bits per heavy atom. The van der Waals surface area contributed by atoms with Gasteiger partial charge in [0.25, 0.3) is 0 Å². The van der Waals surface area contributed by atoms with Crippen LogP contribution in [0.5, 0.6) is 5.75 Å².